The van der Waals surface area contributed by atoms with Gasteiger partial charge in [-0.3, -0.25) is 4.98 Å². The predicted molar refractivity (Wildman–Crippen MR) is 66.7 cm³/mol. The molecule has 0 unspecified atom stereocenters. The van der Waals surface area contributed by atoms with Crippen LogP contribution in [0.4, 0.5) is 5.69 Å². The Kier molecular flexibility index (Phi) is 2.69. The van der Waals surface area contributed by atoms with Gasteiger partial charge in [-0.05, 0) is 32.9 Å². The Hall–Kier alpha value is -1.77. The van der Waals surface area contributed by atoms with E-state index in [0.717, 1.165) is 22.2 Å². The Morgan fingerprint density at radius 2 is 2.06 bits per heavy atom. The zero-order chi connectivity index (χ0) is 11.7. The molecule has 16 heavy (non-hydrogen) atoms. The molecule has 3 nitrogen and oxygen atoms in total. The molecule has 0 aliphatic carbocycles. The van der Waals surface area contributed by atoms with Crippen molar-refractivity contribution in [2.45, 2.75) is 26.9 Å². The Morgan fingerprint density at radius 1 is 1.31 bits per heavy atom. The summed E-state index contributed by atoms with van der Waals surface area (Å²) in [5, 5.41) is 0.980. The lowest BCUT2D eigenvalue weighted by Gasteiger charge is -2.15. The van der Waals surface area contributed by atoms with E-state index in [-0.39, 0.29) is 6.10 Å². The first-order valence-corrected chi connectivity index (χ1v) is 5.40. The van der Waals surface area contributed by atoms with E-state index in [1.54, 1.807) is 6.20 Å². The fraction of sp³-hybridized carbons (Fsp3) is 0.308. The Bertz CT molecular complexity index is 521. The molecule has 2 aromatic rings. The summed E-state index contributed by atoms with van der Waals surface area (Å²) in [6.45, 7) is 6.02. The second kappa shape index (κ2) is 4.00. The summed E-state index contributed by atoms with van der Waals surface area (Å²) >= 11 is 0. The van der Waals surface area contributed by atoms with Crippen LogP contribution in [-0.4, -0.2) is 11.1 Å². The third kappa shape index (κ3) is 1.81. The number of aromatic nitrogens is 1. The topological polar surface area (TPSA) is 48.1 Å². The van der Waals surface area contributed by atoms with Gasteiger partial charge in [0.1, 0.15) is 5.75 Å². The third-order valence-corrected chi connectivity index (χ3v) is 2.41. The maximum absolute atomic E-state index is 5.89. The number of nitrogens with two attached hydrogens (primary N) is 1. The van der Waals surface area contributed by atoms with Gasteiger partial charge < -0.3 is 10.5 Å². The van der Waals surface area contributed by atoms with E-state index in [4.69, 9.17) is 10.5 Å². The number of para-hydroxylation sites is 1. The van der Waals surface area contributed by atoms with Gasteiger partial charge in [0, 0.05) is 17.1 Å². The third-order valence-electron chi connectivity index (χ3n) is 2.41. The highest BCUT2D eigenvalue weighted by Crippen LogP contribution is 2.31. The van der Waals surface area contributed by atoms with E-state index in [1.165, 1.54) is 0 Å². The normalized spacial score (nSPS) is 11.0. The largest absolute Gasteiger partial charge is 0.490 e. The Labute approximate surface area is 95.2 Å². The van der Waals surface area contributed by atoms with Crippen LogP contribution in [0.2, 0.25) is 0 Å². The minimum atomic E-state index is 0.144. The molecule has 1 heterocycles. The molecule has 0 fully saturated rings. The summed E-state index contributed by atoms with van der Waals surface area (Å²) < 4.78 is 5.82. The van der Waals surface area contributed by atoms with E-state index in [0.29, 0.717) is 5.69 Å². The average Bonchev–Trinajstić information content (AvgIpc) is 2.22. The van der Waals surface area contributed by atoms with Gasteiger partial charge in [-0.1, -0.05) is 6.07 Å². The lowest BCUT2D eigenvalue weighted by atomic mass is 10.1. The number of nitrogen functional groups attached to an aromatic ring is 1. The lowest BCUT2D eigenvalue weighted by Crippen LogP contribution is -2.07. The van der Waals surface area contributed by atoms with Crippen molar-refractivity contribution >= 4 is 16.6 Å². The number of rotatable bonds is 2. The van der Waals surface area contributed by atoms with Gasteiger partial charge >= 0.3 is 0 Å². The van der Waals surface area contributed by atoms with Crippen LogP contribution < -0.4 is 10.5 Å². The molecule has 0 amide bonds. The second-order valence-corrected chi connectivity index (χ2v) is 4.18. The van der Waals surface area contributed by atoms with Crippen molar-refractivity contribution < 1.29 is 4.74 Å². The summed E-state index contributed by atoms with van der Waals surface area (Å²) in [6.07, 6.45) is 1.95. The molecule has 0 radical (unpaired) electrons. The van der Waals surface area contributed by atoms with Crippen molar-refractivity contribution in [2.24, 2.45) is 0 Å². The summed E-state index contributed by atoms with van der Waals surface area (Å²) in [6, 6.07) is 5.76. The first kappa shape index (κ1) is 10.7. The van der Waals surface area contributed by atoms with Gasteiger partial charge in [0.15, 0.2) is 0 Å². The van der Waals surface area contributed by atoms with Gasteiger partial charge in [-0.25, -0.2) is 0 Å². The molecule has 0 bridgehead atoms. The van der Waals surface area contributed by atoms with E-state index in [2.05, 4.69) is 4.98 Å². The molecule has 0 spiro atoms. The highest BCUT2D eigenvalue weighted by Gasteiger charge is 2.10. The molecule has 0 saturated carbocycles. The van der Waals surface area contributed by atoms with Crippen molar-refractivity contribution in [3.05, 3.63) is 30.0 Å². The molecule has 0 saturated heterocycles. The SMILES string of the molecule is Cc1cnc2c(N)cccc2c1OC(C)C. The highest BCUT2D eigenvalue weighted by molar-refractivity contribution is 5.94. The predicted octanol–water partition coefficient (Wildman–Crippen LogP) is 2.91. The van der Waals surface area contributed by atoms with Crippen molar-refractivity contribution in [3.63, 3.8) is 0 Å². The fourth-order valence-electron chi connectivity index (χ4n) is 1.71. The van der Waals surface area contributed by atoms with Gasteiger partial charge in [-0.15, -0.1) is 0 Å². The van der Waals surface area contributed by atoms with Crippen LogP contribution in [0.25, 0.3) is 10.9 Å². The number of hydrogen-bond donors (Lipinski definition) is 1. The van der Waals surface area contributed by atoms with Gasteiger partial charge in [0.2, 0.25) is 0 Å². The number of fused-ring (bicyclic) bond motifs is 1. The van der Waals surface area contributed by atoms with E-state index in [9.17, 15) is 0 Å². The number of aryl methyl sites for hydroxylation is 1. The minimum absolute atomic E-state index is 0.144. The zero-order valence-corrected chi connectivity index (χ0v) is 9.82. The monoisotopic (exact) mass is 216 g/mol. The van der Waals surface area contributed by atoms with Gasteiger partial charge in [0.05, 0.1) is 17.3 Å². The standard InChI is InChI=1S/C13H16N2O/c1-8(2)16-13-9(3)7-15-12-10(13)5-4-6-11(12)14/h4-8H,14H2,1-3H3. The van der Waals surface area contributed by atoms with Gasteiger partial charge in [-0.2, -0.15) is 0 Å². The number of anilines is 1. The van der Waals surface area contributed by atoms with Crippen LogP contribution in [0.1, 0.15) is 19.4 Å². The summed E-state index contributed by atoms with van der Waals surface area (Å²) in [5.41, 5.74) is 8.42. The number of pyridine rings is 1. The first-order chi connectivity index (χ1) is 7.59. The Balaban J connectivity index is 2.69. The lowest BCUT2D eigenvalue weighted by molar-refractivity contribution is 0.244. The van der Waals surface area contributed by atoms with Crippen molar-refractivity contribution in [1.29, 1.82) is 0 Å². The minimum Gasteiger partial charge on any atom is -0.490 e. The van der Waals surface area contributed by atoms with Crippen molar-refractivity contribution in [3.8, 4) is 5.75 Å². The maximum Gasteiger partial charge on any atom is 0.133 e. The number of nitrogens with zero attached hydrogens (tertiary/aromatic N) is 1. The highest BCUT2D eigenvalue weighted by atomic mass is 16.5. The summed E-state index contributed by atoms with van der Waals surface area (Å²) in [5.74, 6) is 0.882. The molecular weight excluding hydrogens is 200 g/mol. The average molecular weight is 216 g/mol. The van der Waals surface area contributed by atoms with Crippen LogP contribution in [-0.2, 0) is 0 Å². The van der Waals surface area contributed by atoms with E-state index < -0.39 is 0 Å². The first-order valence-electron chi connectivity index (χ1n) is 5.40. The quantitative estimate of drug-likeness (QED) is 0.785. The summed E-state index contributed by atoms with van der Waals surface area (Å²) in [4.78, 5) is 4.34. The van der Waals surface area contributed by atoms with E-state index in [1.807, 2.05) is 39.0 Å². The van der Waals surface area contributed by atoms with Crippen LogP contribution in [0, 0.1) is 6.92 Å². The number of ether oxygens (including phenoxy) is 1. The molecule has 1 aromatic carbocycles. The second-order valence-electron chi connectivity index (χ2n) is 4.18. The number of hydrogen-bond acceptors (Lipinski definition) is 3. The zero-order valence-electron chi connectivity index (χ0n) is 9.82. The molecule has 0 aliphatic heterocycles. The molecule has 1 aromatic heterocycles. The molecule has 0 atom stereocenters. The van der Waals surface area contributed by atoms with Crippen LogP contribution in [0.5, 0.6) is 5.75 Å². The Morgan fingerprint density at radius 3 is 2.75 bits per heavy atom. The summed E-state index contributed by atoms with van der Waals surface area (Å²) in [7, 11) is 0. The molecule has 0 aliphatic rings. The molecule has 84 valence electrons. The van der Waals surface area contributed by atoms with E-state index >= 15 is 0 Å². The molecule has 2 N–H and O–H groups in total. The smallest absolute Gasteiger partial charge is 0.133 e. The van der Waals surface area contributed by atoms with Crippen LogP contribution in [0.15, 0.2) is 24.4 Å². The fourth-order valence-corrected chi connectivity index (χ4v) is 1.71. The maximum atomic E-state index is 5.89. The molecular formula is C13H16N2O. The van der Waals surface area contributed by atoms with Gasteiger partial charge in [0.25, 0.3) is 0 Å². The van der Waals surface area contributed by atoms with Crippen LogP contribution >= 0.6 is 0 Å². The van der Waals surface area contributed by atoms with Crippen molar-refractivity contribution in [1.82, 2.24) is 4.98 Å². The van der Waals surface area contributed by atoms with Crippen molar-refractivity contribution in [2.75, 3.05) is 5.73 Å². The van der Waals surface area contributed by atoms with Crippen LogP contribution in [0.3, 0.4) is 0 Å². The molecule has 3 heteroatoms. The number of benzene rings is 1. The molecule has 2 rings (SSSR count).